The number of hydrogen-bond acceptors (Lipinski definition) is 6. The van der Waals surface area contributed by atoms with Crippen molar-refractivity contribution in [2.24, 2.45) is 10.9 Å². The molecular formula is C11H14N4O3S. The molecule has 1 aromatic heterocycles. The SMILES string of the molecule is NC(=NO)c1cc(CNC2C=CS(=O)(=O)C2)ccn1. The fraction of sp³-hybridized carbons (Fsp3) is 0.273. The van der Waals surface area contributed by atoms with E-state index in [1.807, 2.05) is 0 Å². The first kappa shape index (κ1) is 13.5. The van der Waals surface area contributed by atoms with Crippen LogP contribution in [-0.4, -0.2) is 36.2 Å². The number of rotatable bonds is 4. The number of oxime groups is 1. The molecule has 0 bridgehead atoms. The Balaban J connectivity index is 1.99. The van der Waals surface area contributed by atoms with Gasteiger partial charge in [-0.3, -0.25) is 4.98 Å². The van der Waals surface area contributed by atoms with Gasteiger partial charge in [0.1, 0.15) is 5.69 Å². The Kier molecular flexibility index (Phi) is 3.82. The summed E-state index contributed by atoms with van der Waals surface area (Å²) < 4.78 is 22.5. The Morgan fingerprint density at radius 2 is 2.42 bits per heavy atom. The van der Waals surface area contributed by atoms with Gasteiger partial charge in [-0.25, -0.2) is 8.42 Å². The lowest BCUT2D eigenvalue weighted by Gasteiger charge is -2.10. The van der Waals surface area contributed by atoms with Gasteiger partial charge in [-0.2, -0.15) is 0 Å². The van der Waals surface area contributed by atoms with Crippen molar-refractivity contribution in [2.45, 2.75) is 12.6 Å². The molecule has 0 aromatic carbocycles. The van der Waals surface area contributed by atoms with Crippen LogP contribution in [0.25, 0.3) is 0 Å². The largest absolute Gasteiger partial charge is 0.409 e. The van der Waals surface area contributed by atoms with E-state index in [-0.39, 0.29) is 17.6 Å². The van der Waals surface area contributed by atoms with Crippen LogP contribution in [0.2, 0.25) is 0 Å². The predicted molar refractivity (Wildman–Crippen MR) is 70.3 cm³/mol. The Morgan fingerprint density at radius 1 is 1.63 bits per heavy atom. The monoisotopic (exact) mass is 282 g/mol. The first-order chi connectivity index (χ1) is 9.00. The van der Waals surface area contributed by atoms with Gasteiger partial charge in [0.2, 0.25) is 0 Å². The van der Waals surface area contributed by atoms with Crippen molar-refractivity contribution in [3.63, 3.8) is 0 Å². The van der Waals surface area contributed by atoms with Gasteiger partial charge in [0.25, 0.3) is 0 Å². The molecule has 19 heavy (non-hydrogen) atoms. The molecule has 8 heteroatoms. The van der Waals surface area contributed by atoms with Crippen LogP contribution < -0.4 is 11.1 Å². The van der Waals surface area contributed by atoms with Crippen LogP contribution >= 0.6 is 0 Å². The molecule has 1 aliphatic heterocycles. The summed E-state index contributed by atoms with van der Waals surface area (Å²) in [6.45, 7) is 0.471. The van der Waals surface area contributed by atoms with Crippen molar-refractivity contribution in [3.05, 3.63) is 41.1 Å². The minimum absolute atomic E-state index is 0.0646. The Labute approximate surface area is 110 Å². The summed E-state index contributed by atoms with van der Waals surface area (Å²) in [6, 6.07) is 3.26. The summed E-state index contributed by atoms with van der Waals surface area (Å²) in [6.07, 6.45) is 3.17. The van der Waals surface area contributed by atoms with Crippen LogP contribution in [0.1, 0.15) is 11.3 Å². The van der Waals surface area contributed by atoms with Crippen molar-refractivity contribution >= 4 is 15.7 Å². The maximum absolute atomic E-state index is 11.2. The van der Waals surface area contributed by atoms with Crippen molar-refractivity contribution < 1.29 is 13.6 Å². The second-order valence-electron chi connectivity index (χ2n) is 4.18. The third-order valence-electron chi connectivity index (χ3n) is 2.69. The van der Waals surface area contributed by atoms with Crippen molar-refractivity contribution in [2.75, 3.05) is 5.75 Å². The van der Waals surface area contributed by atoms with Crippen molar-refractivity contribution in [1.29, 1.82) is 0 Å². The average molecular weight is 282 g/mol. The van der Waals surface area contributed by atoms with Crippen molar-refractivity contribution in [1.82, 2.24) is 10.3 Å². The lowest BCUT2D eigenvalue weighted by molar-refractivity contribution is 0.318. The fourth-order valence-electron chi connectivity index (χ4n) is 1.73. The second kappa shape index (κ2) is 5.37. The highest BCUT2D eigenvalue weighted by Gasteiger charge is 2.20. The number of sulfone groups is 1. The van der Waals surface area contributed by atoms with Gasteiger partial charge < -0.3 is 16.3 Å². The van der Waals surface area contributed by atoms with Crippen LogP contribution in [0, 0.1) is 0 Å². The quantitative estimate of drug-likeness (QED) is 0.299. The molecule has 2 rings (SSSR count). The number of pyridine rings is 1. The van der Waals surface area contributed by atoms with E-state index in [9.17, 15) is 8.42 Å². The number of nitrogens with one attached hydrogen (secondary N) is 1. The third kappa shape index (κ3) is 3.52. The minimum Gasteiger partial charge on any atom is -0.409 e. The number of nitrogens with two attached hydrogens (primary N) is 1. The van der Waals surface area contributed by atoms with Crippen LogP contribution in [0.15, 0.2) is 35.0 Å². The summed E-state index contributed by atoms with van der Waals surface area (Å²) in [5.41, 5.74) is 6.68. The highest BCUT2D eigenvalue weighted by atomic mass is 32.2. The van der Waals surface area contributed by atoms with Gasteiger partial charge >= 0.3 is 0 Å². The summed E-state index contributed by atoms with van der Waals surface area (Å²) in [7, 11) is -3.05. The first-order valence-corrected chi connectivity index (χ1v) is 7.29. The molecule has 102 valence electrons. The average Bonchev–Trinajstić information content (AvgIpc) is 2.75. The first-order valence-electron chi connectivity index (χ1n) is 5.57. The van der Waals surface area contributed by atoms with E-state index in [2.05, 4.69) is 15.5 Å². The molecule has 7 nitrogen and oxygen atoms in total. The van der Waals surface area contributed by atoms with Gasteiger partial charge in [-0.1, -0.05) is 11.2 Å². The molecule has 0 amide bonds. The molecule has 1 atom stereocenters. The Hall–Kier alpha value is -1.93. The van der Waals surface area contributed by atoms with E-state index >= 15 is 0 Å². The van der Waals surface area contributed by atoms with E-state index in [0.29, 0.717) is 12.2 Å². The van der Waals surface area contributed by atoms with Crippen molar-refractivity contribution in [3.8, 4) is 0 Å². The van der Waals surface area contributed by atoms with Gasteiger partial charge in [-0.15, -0.1) is 0 Å². The third-order valence-corrected chi connectivity index (χ3v) is 4.09. The van der Waals surface area contributed by atoms with E-state index < -0.39 is 9.84 Å². The summed E-state index contributed by atoms with van der Waals surface area (Å²) in [4.78, 5) is 3.96. The number of hydrogen-bond donors (Lipinski definition) is 3. The standard InChI is InChI=1S/C11H14N4O3S/c12-11(15-16)10-5-8(1-3-13-10)6-14-9-2-4-19(17,18)7-9/h1-5,9,14,16H,6-7H2,(H2,12,15). The number of amidine groups is 1. The summed E-state index contributed by atoms with van der Waals surface area (Å²) in [5.74, 6) is 0.00994. The zero-order chi connectivity index (χ0) is 13.9. The predicted octanol–water partition coefficient (Wildman–Crippen LogP) is -0.424. The van der Waals surface area contributed by atoms with Gasteiger partial charge in [0.15, 0.2) is 15.7 Å². The molecular weight excluding hydrogens is 268 g/mol. The van der Waals surface area contributed by atoms with Gasteiger partial charge in [0.05, 0.1) is 5.75 Å². The lowest BCUT2D eigenvalue weighted by atomic mass is 10.2. The second-order valence-corrected chi connectivity index (χ2v) is 6.11. The Bertz CT molecular complexity index is 625. The topological polar surface area (TPSA) is 118 Å². The molecule has 1 aromatic rings. The van der Waals surface area contributed by atoms with Gasteiger partial charge in [-0.05, 0) is 17.7 Å². The molecule has 0 aliphatic carbocycles. The molecule has 0 radical (unpaired) electrons. The number of aromatic nitrogens is 1. The highest BCUT2D eigenvalue weighted by Crippen LogP contribution is 2.09. The zero-order valence-electron chi connectivity index (χ0n) is 10.0. The van der Waals surface area contributed by atoms with Gasteiger partial charge in [0, 0.05) is 24.2 Å². The van der Waals surface area contributed by atoms with Crippen LogP contribution in [0.5, 0.6) is 0 Å². The van der Waals surface area contributed by atoms with E-state index in [1.165, 1.54) is 5.41 Å². The normalized spacial score (nSPS) is 21.7. The molecule has 0 saturated carbocycles. The van der Waals surface area contributed by atoms with E-state index in [0.717, 1.165) is 5.56 Å². The molecule has 2 heterocycles. The van der Waals surface area contributed by atoms with E-state index in [4.69, 9.17) is 10.9 Å². The minimum atomic E-state index is -3.05. The number of nitrogens with zero attached hydrogens (tertiary/aromatic N) is 2. The van der Waals surface area contributed by atoms with Crippen LogP contribution in [0.3, 0.4) is 0 Å². The fourth-order valence-corrected chi connectivity index (χ4v) is 3.00. The van der Waals surface area contributed by atoms with Crippen LogP contribution in [-0.2, 0) is 16.4 Å². The lowest BCUT2D eigenvalue weighted by Crippen LogP contribution is -2.29. The molecule has 0 saturated heterocycles. The maximum Gasteiger partial charge on any atom is 0.188 e. The molecule has 1 unspecified atom stereocenters. The summed E-state index contributed by atoms with van der Waals surface area (Å²) >= 11 is 0. The molecule has 0 fully saturated rings. The van der Waals surface area contributed by atoms with Crippen LogP contribution in [0.4, 0.5) is 0 Å². The zero-order valence-corrected chi connectivity index (χ0v) is 10.8. The molecule has 0 spiro atoms. The maximum atomic E-state index is 11.2. The highest BCUT2D eigenvalue weighted by molar-refractivity contribution is 7.94. The van der Waals surface area contributed by atoms with E-state index in [1.54, 1.807) is 24.4 Å². The molecule has 1 aliphatic rings. The molecule has 4 N–H and O–H groups in total. The summed E-state index contributed by atoms with van der Waals surface area (Å²) in [5, 5.41) is 15.8. The smallest absolute Gasteiger partial charge is 0.188 e. The Morgan fingerprint density at radius 3 is 3.05 bits per heavy atom.